The largest absolute Gasteiger partial charge is 0.445 e. The Bertz CT molecular complexity index is 501. The van der Waals surface area contributed by atoms with Crippen LogP contribution in [0.2, 0.25) is 0 Å². The Labute approximate surface area is 132 Å². The molecule has 2 saturated carbocycles. The molecule has 1 spiro atoms. The summed E-state index contributed by atoms with van der Waals surface area (Å²) in [5, 5.41) is 0. The lowest BCUT2D eigenvalue weighted by atomic mass is 9.58. The Morgan fingerprint density at radius 2 is 1.91 bits per heavy atom. The molecule has 120 valence electrons. The maximum absolute atomic E-state index is 12.2. The first-order valence-corrected chi connectivity index (χ1v) is 8.27. The van der Waals surface area contributed by atoms with E-state index >= 15 is 0 Å². The van der Waals surface area contributed by atoms with Crippen LogP contribution in [0.3, 0.4) is 0 Å². The Kier molecular flexibility index (Phi) is 4.39. The topological polar surface area (TPSA) is 55.6 Å². The maximum Gasteiger partial charge on any atom is 0.410 e. The number of hydrogen-bond acceptors (Lipinski definition) is 3. The molecule has 4 nitrogen and oxygen atoms in total. The molecule has 0 heterocycles. The summed E-state index contributed by atoms with van der Waals surface area (Å²) in [5.41, 5.74) is 7.45. The van der Waals surface area contributed by atoms with Crippen LogP contribution >= 0.6 is 0 Å². The van der Waals surface area contributed by atoms with Crippen molar-refractivity contribution in [3.63, 3.8) is 0 Å². The zero-order chi connectivity index (χ0) is 15.6. The molecule has 1 aromatic carbocycles. The lowest BCUT2D eigenvalue weighted by molar-refractivity contribution is 0.0179. The number of carbonyl (C=O) groups excluding carboxylic acids is 1. The van der Waals surface area contributed by atoms with E-state index in [4.69, 9.17) is 10.5 Å². The number of benzene rings is 1. The molecule has 0 aromatic heterocycles. The third-order valence-corrected chi connectivity index (χ3v) is 5.45. The van der Waals surface area contributed by atoms with Gasteiger partial charge in [-0.15, -0.1) is 0 Å². The van der Waals surface area contributed by atoms with Gasteiger partial charge in [-0.25, -0.2) is 4.79 Å². The van der Waals surface area contributed by atoms with Gasteiger partial charge in [0, 0.05) is 19.1 Å². The summed E-state index contributed by atoms with van der Waals surface area (Å²) in [6.45, 7) is 0.343. The monoisotopic (exact) mass is 302 g/mol. The van der Waals surface area contributed by atoms with Gasteiger partial charge in [0.15, 0.2) is 0 Å². The Hall–Kier alpha value is -1.55. The molecular formula is C18H26N2O2. The van der Waals surface area contributed by atoms with Crippen molar-refractivity contribution in [2.24, 2.45) is 11.1 Å². The van der Waals surface area contributed by atoms with Crippen LogP contribution in [0.4, 0.5) is 4.79 Å². The summed E-state index contributed by atoms with van der Waals surface area (Å²) < 4.78 is 5.42. The minimum atomic E-state index is -0.213. The van der Waals surface area contributed by atoms with Crippen molar-refractivity contribution in [1.29, 1.82) is 0 Å². The lowest BCUT2D eigenvalue weighted by Crippen LogP contribution is -2.50. The van der Waals surface area contributed by atoms with Crippen molar-refractivity contribution >= 4 is 6.09 Å². The minimum Gasteiger partial charge on any atom is -0.445 e. The van der Waals surface area contributed by atoms with Gasteiger partial charge >= 0.3 is 6.09 Å². The molecule has 1 aromatic rings. The SMILES string of the molecule is CN(C(=O)OCc1ccccc1)C1CCC2(CC1)CC(N)C2. The molecule has 0 unspecified atom stereocenters. The van der Waals surface area contributed by atoms with E-state index in [0.717, 1.165) is 18.4 Å². The van der Waals surface area contributed by atoms with E-state index in [0.29, 0.717) is 24.1 Å². The Morgan fingerprint density at radius 3 is 2.50 bits per heavy atom. The van der Waals surface area contributed by atoms with Gasteiger partial charge in [-0.1, -0.05) is 30.3 Å². The molecule has 2 fully saturated rings. The molecule has 22 heavy (non-hydrogen) atoms. The third kappa shape index (κ3) is 3.27. The normalized spacial score (nSPS) is 30.6. The fourth-order valence-electron chi connectivity index (χ4n) is 4.03. The van der Waals surface area contributed by atoms with E-state index in [1.165, 1.54) is 25.7 Å². The summed E-state index contributed by atoms with van der Waals surface area (Å²) in [5.74, 6) is 0. The van der Waals surface area contributed by atoms with Gasteiger partial charge in [0.25, 0.3) is 0 Å². The van der Waals surface area contributed by atoms with Crippen LogP contribution < -0.4 is 5.73 Å². The van der Waals surface area contributed by atoms with Crippen LogP contribution in [0.25, 0.3) is 0 Å². The van der Waals surface area contributed by atoms with Gasteiger partial charge in [-0.2, -0.15) is 0 Å². The second-order valence-electron chi connectivity index (χ2n) is 7.05. The molecular weight excluding hydrogens is 276 g/mol. The molecule has 2 aliphatic rings. The first kappa shape index (κ1) is 15.3. The smallest absolute Gasteiger partial charge is 0.410 e. The predicted octanol–water partition coefficient (Wildman–Crippen LogP) is 3.31. The molecule has 0 saturated heterocycles. The van der Waals surface area contributed by atoms with Crippen LogP contribution in [0.1, 0.15) is 44.1 Å². The highest BCUT2D eigenvalue weighted by Crippen LogP contribution is 2.51. The summed E-state index contributed by atoms with van der Waals surface area (Å²) in [6, 6.07) is 10.5. The summed E-state index contributed by atoms with van der Waals surface area (Å²) in [4.78, 5) is 14.0. The van der Waals surface area contributed by atoms with Crippen LogP contribution in [-0.2, 0) is 11.3 Å². The van der Waals surface area contributed by atoms with Crippen molar-refractivity contribution in [2.45, 2.75) is 57.2 Å². The Balaban J connectivity index is 1.45. The van der Waals surface area contributed by atoms with E-state index in [-0.39, 0.29) is 6.09 Å². The molecule has 3 rings (SSSR count). The maximum atomic E-state index is 12.2. The summed E-state index contributed by atoms with van der Waals surface area (Å²) in [7, 11) is 1.86. The first-order chi connectivity index (χ1) is 10.6. The number of nitrogens with zero attached hydrogens (tertiary/aromatic N) is 1. The molecule has 0 radical (unpaired) electrons. The fourth-order valence-corrected chi connectivity index (χ4v) is 4.03. The standard InChI is InChI=1S/C18H26N2O2/c1-20(17(21)22-13-14-5-3-2-4-6-14)16-7-9-18(10-8-16)11-15(19)12-18/h2-6,15-16H,7-13,19H2,1H3. The average Bonchev–Trinajstić information content (AvgIpc) is 2.52. The van der Waals surface area contributed by atoms with Gasteiger partial charge in [-0.05, 0) is 49.5 Å². The van der Waals surface area contributed by atoms with E-state index < -0.39 is 0 Å². The zero-order valence-corrected chi connectivity index (χ0v) is 13.3. The van der Waals surface area contributed by atoms with E-state index in [9.17, 15) is 4.79 Å². The van der Waals surface area contributed by atoms with E-state index in [2.05, 4.69) is 0 Å². The van der Waals surface area contributed by atoms with Crippen LogP contribution in [0.15, 0.2) is 30.3 Å². The quantitative estimate of drug-likeness (QED) is 0.932. The molecule has 2 N–H and O–H groups in total. The van der Waals surface area contributed by atoms with Gasteiger partial charge in [0.2, 0.25) is 0 Å². The van der Waals surface area contributed by atoms with Crippen molar-refractivity contribution in [3.8, 4) is 0 Å². The highest BCUT2D eigenvalue weighted by atomic mass is 16.6. The minimum absolute atomic E-state index is 0.213. The average molecular weight is 302 g/mol. The van der Waals surface area contributed by atoms with Crippen LogP contribution in [-0.4, -0.2) is 30.1 Å². The number of hydrogen-bond donors (Lipinski definition) is 1. The van der Waals surface area contributed by atoms with Crippen LogP contribution in [0.5, 0.6) is 0 Å². The van der Waals surface area contributed by atoms with Crippen molar-refractivity contribution < 1.29 is 9.53 Å². The molecule has 0 atom stereocenters. The van der Waals surface area contributed by atoms with Crippen molar-refractivity contribution in [2.75, 3.05) is 7.05 Å². The number of ether oxygens (including phenoxy) is 1. The molecule has 0 aliphatic heterocycles. The van der Waals surface area contributed by atoms with Crippen LogP contribution in [0, 0.1) is 5.41 Å². The first-order valence-electron chi connectivity index (χ1n) is 8.27. The number of rotatable bonds is 3. The number of carbonyl (C=O) groups is 1. The molecule has 1 amide bonds. The molecule has 4 heteroatoms. The van der Waals surface area contributed by atoms with Gasteiger partial charge in [-0.3, -0.25) is 0 Å². The second kappa shape index (κ2) is 6.29. The lowest BCUT2D eigenvalue weighted by Gasteiger charge is -2.51. The summed E-state index contributed by atoms with van der Waals surface area (Å²) in [6.07, 6.45) is 6.66. The fraction of sp³-hybridized carbons (Fsp3) is 0.611. The third-order valence-electron chi connectivity index (χ3n) is 5.45. The number of nitrogens with two attached hydrogens (primary N) is 1. The van der Waals surface area contributed by atoms with E-state index in [1.807, 2.05) is 37.4 Å². The highest BCUT2D eigenvalue weighted by Gasteiger charge is 2.45. The van der Waals surface area contributed by atoms with Crippen molar-refractivity contribution in [1.82, 2.24) is 4.90 Å². The van der Waals surface area contributed by atoms with Crippen molar-refractivity contribution in [3.05, 3.63) is 35.9 Å². The van der Waals surface area contributed by atoms with Gasteiger partial charge in [0.1, 0.15) is 6.61 Å². The predicted molar refractivity (Wildman–Crippen MR) is 86.3 cm³/mol. The van der Waals surface area contributed by atoms with Gasteiger partial charge in [0.05, 0.1) is 0 Å². The Morgan fingerprint density at radius 1 is 1.27 bits per heavy atom. The highest BCUT2D eigenvalue weighted by molar-refractivity contribution is 5.67. The molecule has 2 aliphatic carbocycles. The molecule has 0 bridgehead atoms. The zero-order valence-electron chi connectivity index (χ0n) is 13.3. The second-order valence-corrected chi connectivity index (χ2v) is 7.05. The van der Waals surface area contributed by atoms with Gasteiger partial charge < -0.3 is 15.4 Å². The number of amides is 1. The van der Waals surface area contributed by atoms with E-state index in [1.54, 1.807) is 4.90 Å². The summed E-state index contributed by atoms with van der Waals surface area (Å²) >= 11 is 0.